The molecule has 0 N–H and O–H groups in total. The third-order valence-electron chi connectivity index (χ3n) is 0.783. The molecule has 0 spiro atoms. The van der Waals surface area contributed by atoms with Crippen molar-refractivity contribution in [3.05, 3.63) is 6.42 Å². The zero-order valence-corrected chi connectivity index (χ0v) is 7.31. The molecule has 2 heteroatoms. The maximum absolute atomic E-state index is 5.00. The smallest absolute Gasteiger partial charge is 0.0952 e. The first-order valence-corrected chi connectivity index (χ1v) is 3.68. The Bertz CT molecular complexity index is 73.8. The van der Waals surface area contributed by atoms with Gasteiger partial charge >= 0.3 is 0 Å². The lowest BCUT2D eigenvalue weighted by Gasteiger charge is -2.16. The summed E-state index contributed by atoms with van der Waals surface area (Å²) in [6, 6.07) is 0. The lowest BCUT2D eigenvalue weighted by atomic mass is 10.2. The monoisotopic (exact) mass is 145 g/mol. The standard InChI is InChI=1S/C8H17O2/c1-5-6-7-9-10-8(2,3)4/h6H,5,7H2,1-4H3. The molecular weight excluding hydrogens is 128 g/mol. The Balaban J connectivity index is 3.04. The van der Waals surface area contributed by atoms with E-state index in [1.165, 1.54) is 0 Å². The first-order valence-electron chi connectivity index (χ1n) is 3.68. The van der Waals surface area contributed by atoms with Crippen LogP contribution in [0.3, 0.4) is 0 Å². The molecule has 0 aliphatic carbocycles. The summed E-state index contributed by atoms with van der Waals surface area (Å²) in [4.78, 5) is 9.88. The van der Waals surface area contributed by atoms with E-state index in [2.05, 4.69) is 6.92 Å². The second-order valence-corrected chi connectivity index (χ2v) is 3.18. The average Bonchev–Trinajstić information content (AvgIpc) is 1.78. The zero-order chi connectivity index (χ0) is 8.04. The van der Waals surface area contributed by atoms with Crippen LogP contribution in [0.4, 0.5) is 0 Å². The lowest BCUT2D eigenvalue weighted by Crippen LogP contribution is -2.19. The van der Waals surface area contributed by atoms with E-state index in [9.17, 15) is 0 Å². The summed E-state index contributed by atoms with van der Waals surface area (Å²) in [5, 5.41) is 0. The highest BCUT2D eigenvalue weighted by molar-refractivity contribution is 4.58. The van der Waals surface area contributed by atoms with Gasteiger partial charge in [-0.15, -0.1) is 0 Å². The molecule has 1 radical (unpaired) electrons. The van der Waals surface area contributed by atoms with Gasteiger partial charge in [-0.2, -0.15) is 0 Å². The van der Waals surface area contributed by atoms with Gasteiger partial charge in [-0.05, 0) is 27.2 Å². The molecule has 0 bridgehead atoms. The van der Waals surface area contributed by atoms with Gasteiger partial charge < -0.3 is 0 Å². The maximum Gasteiger partial charge on any atom is 0.0952 e. The Morgan fingerprint density at radius 1 is 1.30 bits per heavy atom. The molecular formula is C8H17O2. The van der Waals surface area contributed by atoms with E-state index in [0.29, 0.717) is 6.61 Å². The fourth-order valence-corrected chi connectivity index (χ4v) is 0.377. The number of hydrogen-bond acceptors (Lipinski definition) is 2. The van der Waals surface area contributed by atoms with E-state index >= 15 is 0 Å². The van der Waals surface area contributed by atoms with Crippen molar-refractivity contribution in [1.82, 2.24) is 0 Å². The Hall–Kier alpha value is -0.0800. The van der Waals surface area contributed by atoms with Gasteiger partial charge in [0, 0.05) is 0 Å². The van der Waals surface area contributed by atoms with Crippen molar-refractivity contribution in [2.75, 3.05) is 6.61 Å². The van der Waals surface area contributed by atoms with E-state index in [0.717, 1.165) is 6.42 Å². The fourth-order valence-electron chi connectivity index (χ4n) is 0.377. The molecule has 0 aromatic heterocycles. The van der Waals surface area contributed by atoms with E-state index < -0.39 is 0 Å². The topological polar surface area (TPSA) is 18.5 Å². The van der Waals surface area contributed by atoms with Crippen LogP contribution in [0.2, 0.25) is 0 Å². The summed E-state index contributed by atoms with van der Waals surface area (Å²) in [6.45, 7) is 8.52. The molecule has 61 valence electrons. The number of unbranched alkanes of at least 4 members (excludes halogenated alkanes) is 1. The van der Waals surface area contributed by atoms with E-state index in [4.69, 9.17) is 9.78 Å². The Labute approximate surface area is 63.5 Å². The van der Waals surface area contributed by atoms with Crippen molar-refractivity contribution < 1.29 is 9.78 Å². The van der Waals surface area contributed by atoms with Crippen LogP contribution in [-0.2, 0) is 9.78 Å². The highest BCUT2D eigenvalue weighted by Gasteiger charge is 2.10. The highest BCUT2D eigenvalue weighted by atomic mass is 17.2. The summed E-state index contributed by atoms with van der Waals surface area (Å²) < 4.78 is 0. The molecule has 0 saturated heterocycles. The fraction of sp³-hybridized carbons (Fsp3) is 0.875. The van der Waals surface area contributed by atoms with E-state index in [1.54, 1.807) is 0 Å². The molecule has 0 fully saturated rings. The summed E-state index contributed by atoms with van der Waals surface area (Å²) >= 11 is 0. The lowest BCUT2D eigenvalue weighted by molar-refractivity contribution is -0.343. The molecule has 0 rings (SSSR count). The normalized spacial score (nSPS) is 12.0. The van der Waals surface area contributed by atoms with Crippen molar-refractivity contribution in [1.29, 1.82) is 0 Å². The van der Waals surface area contributed by atoms with Gasteiger partial charge in [0.2, 0.25) is 0 Å². The first-order chi connectivity index (χ1) is 4.56. The number of rotatable bonds is 4. The second kappa shape index (κ2) is 4.69. The van der Waals surface area contributed by atoms with Crippen LogP contribution < -0.4 is 0 Å². The predicted octanol–water partition coefficient (Wildman–Crippen LogP) is 2.35. The average molecular weight is 145 g/mol. The van der Waals surface area contributed by atoms with Gasteiger partial charge in [0.25, 0.3) is 0 Å². The number of hydrogen-bond donors (Lipinski definition) is 0. The second-order valence-electron chi connectivity index (χ2n) is 3.18. The van der Waals surface area contributed by atoms with Crippen molar-refractivity contribution in [3.63, 3.8) is 0 Å². The SMILES string of the molecule is CC[CH]COOC(C)(C)C. The van der Waals surface area contributed by atoms with Gasteiger partial charge in [-0.3, -0.25) is 0 Å². The highest BCUT2D eigenvalue weighted by Crippen LogP contribution is 2.06. The summed E-state index contributed by atoms with van der Waals surface area (Å²) in [7, 11) is 0. The van der Waals surface area contributed by atoms with Crippen LogP contribution in [-0.4, -0.2) is 12.2 Å². The van der Waals surface area contributed by atoms with Crippen molar-refractivity contribution in [3.8, 4) is 0 Å². The van der Waals surface area contributed by atoms with Gasteiger partial charge in [0.05, 0.1) is 12.2 Å². The van der Waals surface area contributed by atoms with Crippen LogP contribution in [0.1, 0.15) is 34.1 Å². The molecule has 0 saturated carbocycles. The molecule has 0 aliphatic rings. The molecule has 2 nitrogen and oxygen atoms in total. The Morgan fingerprint density at radius 2 is 1.90 bits per heavy atom. The molecule has 0 aliphatic heterocycles. The van der Waals surface area contributed by atoms with Crippen LogP contribution in [0.25, 0.3) is 0 Å². The third kappa shape index (κ3) is 7.92. The van der Waals surface area contributed by atoms with Crippen LogP contribution >= 0.6 is 0 Å². The minimum atomic E-state index is -0.193. The molecule has 0 atom stereocenters. The van der Waals surface area contributed by atoms with Gasteiger partial charge in [-0.1, -0.05) is 13.3 Å². The molecule has 0 heterocycles. The summed E-state index contributed by atoms with van der Waals surface area (Å²) in [5.74, 6) is 0. The molecule has 0 unspecified atom stereocenters. The van der Waals surface area contributed by atoms with Gasteiger partial charge in [-0.25, -0.2) is 9.78 Å². The third-order valence-corrected chi connectivity index (χ3v) is 0.783. The zero-order valence-electron chi connectivity index (χ0n) is 7.31. The molecule has 10 heavy (non-hydrogen) atoms. The molecule has 0 amide bonds. The minimum Gasteiger partial charge on any atom is -0.236 e. The van der Waals surface area contributed by atoms with E-state index in [1.807, 2.05) is 27.2 Å². The summed E-state index contributed by atoms with van der Waals surface area (Å²) in [5.41, 5.74) is -0.193. The van der Waals surface area contributed by atoms with Crippen LogP contribution in [0.15, 0.2) is 0 Å². The Morgan fingerprint density at radius 3 is 2.30 bits per heavy atom. The predicted molar refractivity (Wildman–Crippen MR) is 41.4 cm³/mol. The van der Waals surface area contributed by atoms with Gasteiger partial charge in [0.1, 0.15) is 0 Å². The van der Waals surface area contributed by atoms with Gasteiger partial charge in [0.15, 0.2) is 0 Å². The van der Waals surface area contributed by atoms with Crippen LogP contribution in [0, 0.1) is 6.42 Å². The molecule has 0 aromatic carbocycles. The molecule has 0 aromatic rings. The van der Waals surface area contributed by atoms with Crippen LogP contribution in [0.5, 0.6) is 0 Å². The van der Waals surface area contributed by atoms with E-state index in [-0.39, 0.29) is 5.60 Å². The summed E-state index contributed by atoms with van der Waals surface area (Å²) in [6.07, 6.45) is 3.04. The van der Waals surface area contributed by atoms with Crippen molar-refractivity contribution >= 4 is 0 Å². The Kier molecular flexibility index (Phi) is 4.65. The van der Waals surface area contributed by atoms with Crippen molar-refractivity contribution in [2.45, 2.75) is 39.7 Å². The minimum absolute atomic E-state index is 0.193. The quantitative estimate of drug-likeness (QED) is 0.343. The first kappa shape index (κ1) is 9.92. The van der Waals surface area contributed by atoms with Crippen molar-refractivity contribution in [2.24, 2.45) is 0 Å². The largest absolute Gasteiger partial charge is 0.236 e. The maximum atomic E-state index is 5.00.